The van der Waals surface area contributed by atoms with Gasteiger partial charge < -0.3 is 5.73 Å². The number of nitrogens with two attached hydrogens (primary N) is 1. The van der Waals surface area contributed by atoms with Gasteiger partial charge in [0.15, 0.2) is 0 Å². The zero-order valence-electron chi connectivity index (χ0n) is 8.77. The number of aromatic nitrogens is 1. The summed E-state index contributed by atoms with van der Waals surface area (Å²) >= 11 is 5.15. The van der Waals surface area contributed by atoms with Crippen LogP contribution in [0.4, 0.5) is 0 Å². The van der Waals surface area contributed by atoms with E-state index < -0.39 is 0 Å². The molecule has 0 amide bonds. The number of rotatable bonds is 4. The Balaban J connectivity index is 1.97. The highest BCUT2D eigenvalue weighted by atomic mass is 79.9. The van der Waals surface area contributed by atoms with E-state index >= 15 is 0 Å². The van der Waals surface area contributed by atoms with Crippen molar-refractivity contribution < 1.29 is 0 Å². The van der Waals surface area contributed by atoms with Gasteiger partial charge in [0.25, 0.3) is 0 Å². The third-order valence-corrected chi connectivity index (χ3v) is 3.80. The predicted octanol–water partition coefficient (Wildman–Crippen LogP) is 3.02. The van der Waals surface area contributed by atoms with Gasteiger partial charge in [-0.15, -0.1) is 11.3 Å². The third-order valence-electron chi connectivity index (χ3n) is 2.39. The summed E-state index contributed by atoms with van der Waals surface area (Å²) in [5, 5.41) is 2.06. The smallest absolute Gasteiger partial charge is 0.0794 e. The molecule has 0 saturated carbocycles. The van der Waals surface area contributed by atoms with Gasteiger partial charge in [0.1, 0.15) is 0 Å². The normalized spacial score (nSPS) is 12.6. The van der Waals surface area contributed by atoms with E-state index in [2.05, 4.69) is 32.4 Å². The molecule has 16 heavy (non-hydrogen) atoms. The second kappa shape index (κ2) is 5.57. The van der Waals surface area contributed by atoms with Gasteiger partial charge in [-0.05, 0) is 18.1 Å². The lowest BCUT2D eigenvalue weighted by atomic mass is 10.0. The Hall–Kier alpha value is -0.710. The first-order chi connectivity index (χ1) is 7.75. The van der Waals surface area contributed by atoms with Gasteiger partial charge in [-0.2, -0.15) is 0 Å². The Labute approximate surface area is 108 Å². The van der Waals surface area contributed by atoms with E-state index in [9.17, 15) is 0 Å². The first kappa shape index (κ1) is 11.8. The molecule has 1 aromatic carbocycles. The van der Waals surface area contributed by atoms with Crippen LogP contribution in [-0.2, 0) is 12.8 Å². The van der Waals surface area contributed by atoms with Crippen LogP contribution in [-0.4, -0.2) is 11.0 Å². The molecule has 2 rings (SSSR count). The van der Waals surface area contributed by atoms with Gasteiger partial charge in [0, 0.05) is 22.3 Å². The lowest BCUT2D eigenvalue weighted by Gasteiger charge is -2.11. The van der Waals surface area contributed by atoms with E-state index in [4.69, 9.17) is 5.73 Å². The molecule has 0 saturated heterocycles. The summed E-state index contributed by atoms with van der Waals surface area (Å²) in [5.74, 6) is 0. The molecule has 2 N–H and O–H groups in total. The number of hydrogen-bond acceptors (Lipinski definition) is 3. The molecule has 1 unspecified atom stereocenters. The molecule has 0 bridgehead atoms. The maximum Gasteiger partial charge on any atom is 0.0794 e. The summed E-state index contributed by atoms with van der Waals surface area (Å²) in [6, 6.07) is 8.33. The lowest BCUT2D eigenvalue weighted by Crippen LogP contribution is -2.25. The molecule has 0 fully saturated rings. The summed E-state index contributed by atoms with van der Waals surface area (Å²) in [6.07, 6.45) is 1.71. The van der Waals surface area contributed by atoms with Crippen LogP contribution in [0.1, 0.15) is 11.3 Å². The van der Waals surface area contributed by atoms with Crippen molar-refractivity contribution in [1.82, 2.24) is 4.98 Å². The molecule has 0 aliphatic rings. The van der Waals surface area contributed by atoms with Crippen molar-refractivity contribution >= 4 is 27.3 Å². The lowest BCUT2D eigenvalue weighted by molar-refractivity contribution is 0.655. The molecule has 2 nitrogen and oxygen atoms in total. The van der Waals surface area contributed by atoms with Crippen LogP contribution >= 0.6 is 27.3 Å². The highest BCUT2D eigenvalue weighted by Gasteiger charge is 2.08. The van der Waals surface area contributed by atoms with Crippen molar-refractivity contribution in [3.05, 3.63) is 50.9 Å². The highest BCUT2D eigenvalue weighted by molar-refractivity contribution is 9.10. The average molecular weight is 297 g/mol. The van der Waals surface area contributed by atoms with Gasteiger partial charge in [-0.3, -0.25) is 0 Å². The number of halogens is 1. The largest absolute Gasteiger partial charge is 0.327 e. The Morgan fingerprint density at radius 1 is 1.31 bits per heavy atom. The minimum Gasteiger partial charge on any atom is -0.327 e. The number of thiazole rings is 1. The quantitative estimate of drug-likeness (QED) is 0.942. The summed E-state index contributed by atoms with van der Waals surface area (Å²) in [4.78, 5) is 4.25. The molecule has 0 aliphatic heterocycles. The SMILES string of the molecule is NC(Cc1cscn1)Cc1ccccc1Br. The van der Waals surface area contributed by atoms with Crippen LogP contribution in [0.3, 0.4) is 0 Å². The molecule has 1 aromatic heterocycles. The second-order valence-electron chi connectivity index (χ2n) is 3.74. The number of nitrogens with zero attached hydrogens (tertiary/aromatic N) is 1. The first-order valence-electron chi connectivity index (χ1n) is 5.12. The molecule has 0 aliphatic carbocycles. The number of hydrogen-bond donors (Lipinski definition) is 1. The van der Waals surface area contributed by atoms with Crippen LogP contribution in [0.5, 0.6) is 0 Å². The van der Waals surface area contributed by atoms with Crippen molar-refractivity contribution in [3.8, 4) is 0 Å². The summed E-state index contributed by atoms with van der Waals surface area (Å²) in [7, 11) is 0. The summed E-state index contributed by atoms with van der Waals surface area (Å²) < 4.78 is 1.13. The molecule has 4 heteroatoms. The fourth-order valence-corrected chi connectivity index (χ4v) is 2.64. The second-order valence-corrected chi connectivity index (χ2v) is 5.31. The molecule has 1 heterocycles. The van der Waals surface area contributed by atoms with Crippen LogP contribution in [0.15, 0.2) is 39.6 Å². The van der Waals surface area contributed by atoms with Crippen molar-refractivity contribution in [1.29, 1.82) is 0 Å². The Bertz CT molecular complexity index is 442. The standard InChI is InChI=1S/C12H13BrN2S/c13-12-4-2-1-3-9(12)5-10(14)6-11-7-16-8-15-11/h1-4,7-8,10H,5-6,14H2. The van der Waals surface area contributed by atoms with Gasteiger partial charge in [0.05, 0.1) is 11.2 Å². The molecular formula is C12H13BrN2S. The van der Waals surface area contributed by atoms with Gasteiger partial charge in [0.2, 0.25) is 0 Å². The molecule has 0 spiro atoms. The summed E-state index contributed by atoms with van der Waals surface area (Å²) in [6.45, 7) is 0. The van der Waals surface area contributed by atoms with Gasteiger partial charge in [-0.25, -0.2) is 4.98 Å². The van der Waals surface area contributed by atoms with Crippen molar-refractivity contribution in [2.24, 2.45) is 5.73 Å². The Kier molecular flexibility index (Phi) is 4.09. The van der Waals surface area contributed by atoms with E-state index in [0.29, 0.717) is 0 Å². The van der Waals surface area contributed by atoms with Crippen LogP contribution in [0.25, 0.3) is 0 Å². The Morgan fingerprint density at radius 2 is 2.12 bits per heavy atom. The molecule has 0 radical (unpaired) electrons. The Morgan fingerprint density at radius 3 is 2.81 bits per heavy atom. The van der Waals surface area contributed by atoms with E-state index in [1.54, 1.807) is 11.3 Å². The maximum absolute atomic E-state index is 6.11. The first-order valence-corrected chi connectivity index (χ1v) is 6.85. The zero-order valence-corrected chi connectivity index (χ0v) is 11.2. The third kappa shape index (κ3) is 3.14. The van der Waals surface area contributed by atoms with Crippen LogP contribution in [0, 0.1) is 0 Å². The van der Waals surface area contributed by atoms with Crippen LogP contribution < -0.4 is 5.73 Å². The number of benzene rings is 1. The topological polar surface area (TPSA) is 38.9 Å². The molecule has 1 atom stereocenters. The summed E-state index contributed by atoms with van der Waals surface area (Å²) in [5.41, 5.74) is 10.3. The molecule has 84 valence electrons. The van der Waals surface area contributed by atoms with Gasteiger partial charge in [-0.1, -0.05) is 34.1 Å². The van der Waals surface area contributed by atoms with Crippen molar-refractivity contribution in [2.45, 2.75) is 18.9 Å². The van der Waals surface area contributed by atoms with Crippen LogP contribution in [0.2, 0.25) is 0 Å². The fourth-order valence-electron chi connectivity index (χ4n) is 1.63. The van der Waals surface area contributed by atoms with Crippen molar-refractivity contribution in [2.75, 3.05) is 0 Å². The van der Waals surface area contributed by atoms with Crippen molar-refractivity contribution in [3.63, 3.8) is 0 Å². The van der Waals surface area contributed by atoms with E-state index in [1.807, 2.05) is 23.7 Å². The average Bonchev–Trinajstić information content (AvgIpc) is 2.74. The molecular weight excluding hydrogens is 284 g/mol. The minimum absolute atomic E-state index is 0.126. The van der Waals surface area contributed by atoms with Gasteiger partial charge >= 0.3 is 0 Å². The maximum atomic E-state index is 6.11. The highest BCUT2D eigenvalue weighted by Crippen LogP contribution is 2.18. The molecule has 2 aromatic rings. The minimum atomic E-state index is 0.126. The van der Waals surface area contributed by atoms with E-state index in [-0.39, 0.29) is 6.04 Å². The predicted molar refractivity (Wildman–Crippen MR) is 71.6 cm³/mol. The fraction of sp³-hybridized carbons (Fsp3) is 0.250. The van der Waals surface area contributed by atoms with E-state index in [1.165, 1.54) is 5.56 Å². The van der Waals surface area contributed by atoms with E-state index in [0.717, 1.165) is 23.0 Å². The monoisotopic (exact) mass is 296 g/mol. The zero-order chi connectivity index (χ0) is 11.4.